The lowest BCUT2D eigenvalue weighted by atomic mass is 9.99. The van der Waals surface area contributed by atoms with Crippen molar-refractivity contribution >= 4 is 33.7 Å². The van der Waals surface area contributed by atoms with Crippen molar-refractivity contribution in [3.8, 4) is 5.75 Å². The van der Waals surface area contributed by atoms with E-state index >= 15 is 0 Å². The summed E-state index contributed by atoms with van der Waals surface area (Å²) < 4.78 is 11.7. The van der Waals surface area contributed by atoms with Gasteiger partial charge in [0, 0.05) is 13.1 Å². The molecule has 2 rings (SSSR count). The van der Waals surface area contributed by atoms with Crippen LogP contribution in [0.3, 0.4) is 0 Å². The molecule has 1 aromatic carbocycles. The second kappa shape index (κ2) is 11.3. The molecule has 0 aliphatic carbocycles. The smallest absolute Gasteiger partial charge is 0.308 e. The number of carbonyl (C=O) groups is 3. The number of halogens is 1. The number of piperazine rings is 1. The summed E-state index contributed by atoms with van der Waals surface area (Å²) in [5, 5.41) is 2.71. The van der Waals surface area contributed by atoms with E-state index in [1.807, 2.05) is 25.1 Å². The molecule has 1 aromatic rings. The fourth-order valence-electron chi connectivity index (χ4n) is 3.13. The van der Waals surface area contributed by atoms with Crippen molar-refractivity contribution < 1.29 is 23.9 Å². The van der Waals surface area contributed by atoms with Gasteiger partial charge in [-0.1, -0.05) is 26.8 Å². The molecule has 0 bridgehead atoms. The van der Waals surface area contributed by atoms with Gasteiger partial charge in [0.2, 0.25) is 5.91 Å². The number of hydrogen-bond acceptors (Lipinski definition) is 5. The fraction of sp³-hybridized carbons (Fsp3) is 0.591. The molecule has 1 N–H and O–H groups in total. The van der Waals surface area contributed by atoms with Crippen LogP contribution in [-0.2, 0) is 19.1 Å². The Kier molecular flexibility index (Phi) is 9.14. The maximum Gasteiger partial charge on any atom is 0.308 e. The van der Waals surface area contributed by atoms with E-state index in [0.717, 1.165) is 10.9 Å². The zero-order valence-corrected chi connectivity index (χ0v) is 19.7. The highest BCUT2D eigenvalue weighted by molar-refractivity contribution is 9.10. The predicted molar refractivity (Wildman–Crippen MR) is 117 cm³/mol. The van der Waals surface area contributed by atoms with Crippen LogP contribution in [-0.4, -0.2) is 54.5 Å². The highest BCUT2D eigenvalue weighted by Crippen LogP contribution is 2.30. The normalized spacial score (nSPS) is 18.4. The van der Waals surface area contributed by atoms with Gasteiger partial charge in [-0.05, 0) is 59.3 Å². The lowest BCUT2D eigenvalue weighted by Gasteiger charge is -2.34. The second-order valence-electron chi connectivity index (χ2n) is 7.59. The topological polar surface area (TPSA) is 84.9 Å². The maximum absolute atomic E-state index is 12.8. The average molecular weight is 483 g/mol. The van der Waals surface area contributed by atoms with Crippen molar-refractivity contribution in [2.24, 2.45) is 0 Å². The van der Waals surface area contributed by atoms with Crippen molar-refractivity contribution in [1.82, 2.24) is 10.2 Å². The van der Waals surface area contributed by atoms with Crippen LogP contribution in [0.5, 0.6) is 5.75 Å². The van der Waals surface area contributed by atoms with Crippen molar-refractivity contribution in [2.75, 3.05) is 19.7 Å². The van der Waals surface area contributed by atoms with Gasteiger partial charge in [-0.15, -0.1) is 0 Å². The van der Waals surface area contributed by atoms with Gasteiger partial charge in [0.15, 0.2) is 6.61 Å². The molecule has 1 saturated heterocycles. The number of nitrogens with one attached hydrogen (secondary N) is 1. The maximum atomic E-state index is 12.8. The van der Waals surface area contributed by atoms with Gasteiger partial charge >= 0.3 is 5.97 Å². The van der Waals surface area contributed by atoms with E-state index in [-0.39, 0.29) is 30.9 Å². The Hall–Kier alpha value is -2.09. The van der Waals surface area contributed by atoms with Crippen molar-refractivity contribution in [2.45, 2.75) is 65.0 Å². The van der Waals surface area contributed by atoms with E-state index in [4.69, 9.17) is 9.47 Å². The van der Waals surface area contributed by atoms with Crippen molar-refractivity contribution in [3.63, 3.8) is 0 Å². The lowest BCUT2D eigenvalue weighted by molar-refractivity contribution is -0.155. The average Bonchev–Trinajstić information content (AvgIpc) is 2.73. The summed E-state index contributed by atoms with van der Waals surface area (Å²) in [4.78, 5) is 38.6. The molecule has 0 saturated carbocycles. The molecule has 1 aliphatic heterocycles. The number of amides is 2. The van der Waals surface area contributed by atoms with Crippen LogP contribution < -0.4 is 10.1 Å². The van der Waals surface area contributed by atoms with E-state index in [0.29, 0.717) is 31.2 Å². The Balaban J connectivity index is 2.01. The minimum Gasteiger partial charge on any atom is -0.483 e. The summed E-state index contributed by atoms with van der Waals surface area (Å²) in [5.41, 5.74) is 1.19. The fourth-order valence-corrected chi connectivity index (χ4v) is 3.64. The first-order valence-corrected chi connectivity index (χ1v) is 11.2. The molecular formula is C22H31BrN2O5. The number of benzene rings is 1. The quantitative estimate of drug-likeness (QED) is 0.545. The molecule has 166 valence electrons. The number of ether oxygens (including phenoxy) is 2. The molecule has 1 heterocycles. The first-order chi connectivity index (χ1) is 14.3. The molecule has 8 heteroatoms. The minimum atomic E-state index is -0.886. The van der Waals surface area contributed by atoms with E-state index in [1.165, 1.54) is 10.5 Å². The number of esters is 1. The van der Waals surface area contributed by atoms with Gasteiger partial charge in [0.1, 0.15) is 11.8 Å². The second-order valence-corrected chi connectivity index (χ2v) is 8.45. The Bertz CT molecular complexity index is 770. The summed E-state index contributed by atoms with van der Waals surface area (Å²) in [6.45, 7) is 8.43. The molecule has 3 unspecified atom stereocenters. The van der Waals surface area contributed by atoms with Crippen molar-refractivity contribution in [1.29, 1.82) is 0 Å². The van der Waals surface area contributed by atoms with Gasteiger partial charge < -0.3 is 19.7 Å². The number of nitrogens with zero attached hydrogens (tertiary/aromatic N) is 1. The molecule has 1 fully saturated rings. The summed E-state index contributed by atoms with van der Waals surface area (Å²) in [6.07, 6.45) is 1.31. The molecule has 2 amide bonds. The highest BCUT2D eigenvalue weighted by Gasteiger charge is 2.35. The first-order valence-electron chi connectivity index (χ1n) is 10.5. The third kappa shape index (κ3) is 6.45. The zero-order valence-electron chi connectivity index (χ0n) is 18.1. The number of rotatable bonds is 9. The van der Waals surface area contributed by atoms with Crippen LogP contribution in [0.2, 0.25) is 0 Å². The lowest BCUT2D eigenvalue weighted by Crippen LogP contribution is -2.58. The Morgan fingerprint density at radius 2 is 2.00 bits per heavy atom. The van der Waals surface area contributed by atoms with Crippen LogP contribution in [0.4, 0.5) is 0 Å². The number of carbonyl (C=O) groups excluding carboxylic acids is 3. The third-order valence-electron chi connectivity index (χ3n) is 5.41. The third-order valence-corrected chi connectivity index (χ3v) is 6.03. The van der Waals surface area contributed by atoms with Gasteiger partial charge in [0.05, 0.1) is 17.0 Å². The van der Waals surface area contributed by atoms with Crippen LogP contribution in [0, 0.1) is 0 Å². The Labute approximate surface area is 186 Å². The first kappa shape index (κ1) is 24.2. The molecular weight excluding hydrogens is 452 g/mol. The van der Waals surface area contributed by atoms with E-state index in [2.05, 4.69) is 35.1 Å². The van der Waals surface area contributed by atoms with Gasteiger partial charge in [-0.3, -0.25) is 14.4 Å². The van der Waals surface area contributed by atoms with Crippen LogP contribution in [0.25, 0.3) is 0 Å². The largest absolute Gasteiger partial charge is 0.483 e. The van der Waals surface area contributed by atoms with Crippen LogP contribution in [0.15, 0.2) is 22.7 Å². The Morgan fingerprint density at radius 3 is 2.63 bits per heavy atom. The van der Waals surface area contributed by atoms with Crippen molar-refractivity contribution in [3.05, 3.63) is 28.2 Å². The Morgan fingerprint density at radius 1 is 1.27 bits per heavy atom. The van der Waals surface area contributed by atoms with Crippen LogP contribution in [0.1, 0.15) is 58.4 Å². The predicted octanol–water partition coefficient (Wildman–Crippen LogP) is 3.40. The highest BCUT2D eigenvalue weighted by atomic mass is 79.9. The summed E-state index contributed by atoms with van der Waals surface area (Å²) in [7, 11) is 0. The SMILES string of the molecule is CCC(C)OC(=O)CC1C(=O)NCCN1C(=O)COc1ccc(C(C)CC)cc1Br. The van der Waals surface area contributed by atoms with E-state index in [1.54, 1.807) is 6.92 Å². The van der Waals surface area contributed by atoms with Gasteiger partial charge in [0.25, 0.3) is 5.91 Å². The summed E-state index contributed by atoms with van der Waals surface area (Å²) in [6, 6.07) is 4.93. The molecule has 30 heavy (non-hydrogen) atoms. The minimum absolute atomic E-state index is 0.171. The van der Waals surface area contributed by atoms with E-state index < -0.39 is 12.0 Å². The summed E-state index contributed by atoms with van der Waals surface area (Å²) in [5.74, 6) is -0.197. The van der Waals surface area contributed by atoms with Gasteiger partial charge in [-0.25, -0.2) is 0 Å². The standard InChI is InChI=1S/C22H31BrN2O5/c1-5-14(3)16-7-8-19(17(23)11-16)29-13-20(26)25-10-9-24-22(28)18(25)12-21(27)30-15(4)6-2/h7-8,11,14-15,18H,5-6,9-10,12-13H2,1-4H3,(H,24,28). The van der Waals surface area contributed by atoms with Crippen LogP contribution >= 0.6 is 15.9 Å². The monoisotopic (exact) mass is 482 g/mol. The van der Waals surface area contributed by atoms with E-state index in [9.17, 15) is 14.4 Å². The molecule has 0 spiro atoms. The number of hydrogen-bond donors (Lipinski definition) is 1. The molecule has 0 radical (unpaired) electrons. The molecule has 0 aromatic heterocycles. The van der Waals surface area contributed by atoms with Gasteiger partial charge in [-0.2, -0.15) is 0 Å². The summed E-state index contributed by atoms with van der Waals surface area (Å²) >= 11 is 3.50. The molecule has 1 aliphatic rings. The molecule has 7 nitrogen and oxygen atoms in total. The zero-order chi connectivity index (χ0) is 22.3. The molecule has 3 atom stereocenters.